The van der Waals surface area contributed by atoms with Crippen molar-refractivity contribution in [3.8, 4) is 0 Å². The third kappa shape index (κ3) is 4.49. The van der Waals surface area contributed by atoms with E-state index in [0.717, 1.165) is 70.6 Å². The summed E-state index contributed by atoms with van der Waals surface area (Å²) in [7, 11) is 1.52. The number of halogens is 1. The molecule has 4 aliphatic heterocycles. The molecule has 0 aromatic heterocycles. The summed E-state index contributed by atoms with van der Waals surface area (Å²) >= 11 is 0. The predicted molar refractivity (Wildman–Crippen MR) is 131 cm³/mol. The van der Waals surface area contributed by atoms with Gasteiger partial charge in [0.1, 0.15) is 19.2 Å². The lowest BCUT2D eigenvalue weighted by Crippen LogP contribution is -2.39. The first-order chi connectivity index (χ1) is 16.5. The van der Waals surface area contributed by atoms with E-state index < -0.39 is 6.10 Å². The molecule has 1 fully saturated rings. The molecule has 1 saturated heterocycles. The SMILES string of the molecule is C=O.CC.CO[C@@H]1C(=O)OCC2=C1C=C1C3=Nc4cc(F)c(C)c(c4C)CCC/C=C/3CN1C2. The number of benzene rings is 1. The smallest absolute Gasteiger partial charge is 0.340 e. The summed E-state index contributed by atoms with van der Waals surface area (Å²) < 4.78 is 25.4. The molecule has 182 valence electrons. The molecule has 7 heteroatoms. The standard InChI is InChI=1S/C24H25FN2O3.C2H6.CH2O/c1-13-17-7-5-4-6-15-10-27-11-16-12-30-24(28)23(29-3)18(16)8-21(27)22(15)26-20(14(17)2)9-19(13)25;2*1-2/h6,8-9,23H,4-5,7,10-12H2,1-3H3;1-2H3;1H2/b15-6+,26-22?;;/t23-;;/m0../s1. The van der Waals surface area contributed by atoms with Crippen LogP contribution in [0.5, 0.6) is 0 Å². The van der Waals surface area contributed by atoms with Crippen molar-refractivity contribution in [1.29, 1.82) is 0 Å². The molecule has 0 spiro atoms. The molecule has 1 atom stereocenters. The largest absolute Gasteiger partial charge is 0.459 e. The Hall–Kier alpha value is -3.06. The monoisotopic (exact) mass is 468 g/mol. The molecule has 2 bridgehead atoms. The second-order valence-electron chi connectivity index (χ2n) is 8.36. The average molecular weight is 469 g/mol. The topological polar surface area (TPSA) is 68.2 Å². The van der Waals surface area contributed by atoms with Gasteiger partial charge >= 0.3 is 5.97 Å². The Morgan fingerprint density at radius 2 is 1.94 bits per heavy atom. The molecule has 0 aliphatic carbocycles. The molecule has 1 aromatic carbocycles. The highest BCUT2D eigenvalue weighted by Crippen LogP contribution is 2.38. The minimum atomic E-state index is -0.707. The number of hydrogen-bond donors (Lipinski definition) is 0. The molecule has 34 heavy (non-hydrogen) atoms. The van der Waals surface area contributed by atoms with E-state index in [2.05, 4.69) is 11.0 Å². The Labute approximate surface area is 200 Å². The van der Waals surface area contributed by atoms with E-state index in [-0.39, 0.29) is 11.8 Å². The van der Waals surface area contributed by atoms with Crippen LogP contribution >= 0.6 is 0 Å². The number of fused-ring (bicyclic) bond motifs is 5. The van der Waals surface area contributed by atoms with Crippen molar-refractivity contribution >= 4 is 24.2 Å². The second kappa shape index (κ2) is 10.9. The molecule has 4 heterocycles. The van der Waals surface area contributed by atoms with Crippen molar-refractivity contribution in [2.75, 3.05) is 26.8 Å². The zero-order valence-corrected chi connectivity index (χ0v) is 20.7. The summed E-state index contributed by atoms with van der Waals surface area (Å²) in [6.07, 6.45) is 6.33. The molecule has 0 N–H and O–H groups in total. The lowest BCUT2D eigenvalue weighted by atomic mass is 9.93. The summed E-state index contributed by atoms with van der Waals surface area (Å²) in [5, 5.41) is 0. The molecule has 1 aromatic rings. The van der Waals surface area contributed by atoms with Gasteiger partial charge in [-0.2, -0.15) is 0 Å². The van der Waals surface area contributed by atoms with Crippen LogP contribution in [-0.4, -0.2) is 56.3 Å². The Kier molecular flexibility index (Phi) is 8.20. The molecule has 0 saturated carbocycles. The van der Waals surface area contributed by atoms with E-state index in [0.29, 0.717) is 18.8 Å². The molecular weight excluding hydrogens is 435 g/mol. The number of carbonyl (C=O) groups excluding carboxylic acids is 2. The molecule has 5 rings (SSSR count). The van der Waals surface area contributed by atoms with Crippen LogP contribution in [0.25, 0.3) is 0 Å². The van der Waals surface area contributed by atoms with Crippen molar-refractivity contribution in [1.82, 2.24) is 4.90 Å². The fraction of sp³-hybridized carbons (Fsp3) is 0.444. The van der Waals surface area contributed by atoms with Gasteiger partial charge in [0, 0.05) is 26.3 Å². The maximum Gasteiger partial charge on any atom is 0.340 e. The van der Waals surface area contributed by atoms with Gasteiger partial charge in [-0.3, -0.25) is 0 Å². The summed E-state index contributed by atoms with van der Waals surface area (Å²) in [6, 6.07) is 1.55. The molecule has 0 radical (unpaired) electrons. The molecular formula is C27H33FN2O4. The van der Waals surface area contributed by atoms with E-state index in [4.69, 9.17) is 19.3 Å². The van der Waals surface area contributed by atoms with Gasteiger partial charge in [-0.25, -0.2) is 14.2 Å². The fourth-order valence-electron chi connectivity index (χ4n) is 4.90. The van der Waals surface area contributed by atoms with E-state index in [9.17, 15) is 9.18 Å². The van der Waals surface area contributed by atoms with Gasteiger partial charge in [0.15, 0.2) is 6.10 Å². The van der Waals surface area contributed by atoms with Crippen LogP contribution in [0.15, 0.2) is 45.6 Å². The van der Waals surface area contributed by atoms with E-state index in [1.807, 2.05) is 40.6 Å². The van der Waals surface area contributed by atoms with Crippen LogP contribution in [0, 0.1) is 19.7 Å². The number of ether oxygens (including phenoxy) is 2. The minimum Gasteiger partial charge on any atom is -0.459 e. The molecule has 0 amide bonds. The van der Waals surface area contributed by atoms with Crippen molar-refractivity contribution in [3.05, 3.63) is 63.1 Å². The van der Waals surface area contributed by atoms with E-state index in [1.165, 1.54) is 7.11 Å². The van der Waals surface area contributed by atoms with Crippen LogP contribution in [0.2, 0.25) is 0 Å². The Morgan fingerprint density at radius 1 is 1.21 bits per heavy atom. The Bertz CT molecular complexity index is 1100. The first-order valence-electron chi connectivity index (χ1n) is 11.7. The number of allylic oxidation sites excluding steroid dienone is 2. The molecule has 6 nitrogen and oxygen atoms in total. The highest BCUT2D eigenvalue weighted by Gasteiger charge is 2.39. The Morgan fingerprint density at radius 3 is 2.65 bits per heavy atom. The first-order valence-corrected chi connectivity index (χ1v) is 11.7. The average Bonchev–Trinajstić information content (AvgIpc) is 3.19. The zero-order valence-electron chi connectivity index (χ0n) is 20.7. The third-order valence-corrected chi connectivity index (χ3v) is 6.62. The van der Waals surface area contributed by atoms with Crippen LogP contribution in [0.1, 0.15) is 43.4 Å². The third-order valence-electron chi connectivity index (χ3n) is 6.62. The van der Waals surface area contributed by atoms with Crippen LogP contribution in [0.3, 0.4) is 0 Å². The fourth-order valence-corrected chi connectivity index (χ4v) is 4.90. The van der Waals surface area contributed by atoms with Crippen molar-refractivity contribution < 1.29 is 23.5 Å². The number of rotatable bonds is 1. The molecule has 0 unspecified atom stereocenters. The van der Waals surface area contributed by atoms with Crippen molar-refractivity contribution in [2.24, 2.45) is 4.99 Å². The quantitative estimate of drug-likeness (QED) is 0.559. The zero-order chi connectivity index (χ0) is 25.0. The number of cyclic esters (lactones) is 1. The van der Waals surface area contributed by atoms with Crippen molar-refractivity contribution in [3.63, 3.8) is 0 Å². The summed E-state index contributed by atoms with van der Waals surface area (Å²) in [6.45, 7) is 11.6. The van der Waals surface area contributed by atoms with Gasteiger partial charge in [-0.15, -0.1) is 0 Å². The van der Waals surface area contributed by atoms with E-state index >= 15 is 0 Å². The lowest BCUT2D eigenvalue weighted by Gasteiger charge is -2.33. The lowest BCUT2D eigenvalue weighted by molar-refractivity contribution is -0.153. The predicted octanol–water partition coefficient (Wildman–Crippen LogP) is 4.70. The van der Waals surface area contributed by atoms with Gasteiger partial charge in [-0.1, -0.05) is 19.9 Å². The maximum atomic E-state index is 14.6. The van der Waals surface area contributed by atoms with Gasteiger partial charge in [0.2, 0.25) is 0 Å². The van der Waals surface area contributed by atoms with Gasteiger partial charge in [0.25, 0.3) is 0 Å². The summed E-state index contributed by atoms with van der Waals surface area (Å²) in [5.74, 6) is -0.558. The number of methoxy groups -OCH3 is 1. The first kappa shape index (κ1) is 25.6. The van der Waals surface area contributed by atoms with Gasteiger partial charge in [-0.05, 0) is 72.6 Å². The number of nitrogens with zero attached hydrogens (tertiary/aromatic N) is 2. The summed E-state index contributed by atoms with van der Waals surface area (Å²) in [4.78, 5) is 27.4. The normalized spacial score (nSPS) is 22.2. The number of hydrogen-bond acceptors (Lipinski definition) is 6. The van der Waals surface area contributed by atoms with Gasteiger partial charge in [0.05, 0.1) is 17.1 Å². The molecule has 4 aliphatic rings. The van der Waals surface area contributed by atoms with Crippen LogP contribution in [0.4, 0.5) is 10.1 Å². The van der Waals surface area contributed by atoms with Crippen LogP contribution in [-0.2, 0) is 25.5 Å². The number of aliphatic imine (C=N–C) groups is 1. The number of carbonyl (C=O) groups is 2. The van der Waals surface area contributed by atoms with Crippen molar-refractivity contribution in [2.45, 2.75) is 53.1 Å². The number of esters is 1. The van der Waals surface area contributed by atoms with E-state index in [1.54, 1.807) is 6.07 Å². The maximum absolute atomic E-state index is 14.6. The van der Waals surface area contributed by atoms with Crippen LogP contribution < -0.4 is 0 Å². The Balaban J connectivity index is 0.000000771. The highest BCUT2D eigenvalue weighted by molar-refractivity contribution is 6.16. The van der Waals surface area contributed by atoms with Gasteiger partial charge < -0.3 is 19.2 Å². The summed E-state index contributed by atoms with van der Waals surface area (Å²) in [5.41, 5.74) is 8.46. The highest BCUT2D eigenvalue weighted by atomic mass is 19.1. The minimum absolute atomic E-state index is 0.201. The second-order valence-corrected chi connectivity index (χ2v) is 8.36.